The van der Waals surface area contributed by atoms with Crippen molar-refractivity contribution in [1.82, 2.24) is 10.2 Å². The molecule has 1 aromatic heterocycles. The minimum Gasteiger partial charge on any atom is -0.425 e. The maximum Gasteiger partial charge on any atom is 0.216 e. The van der Waals surface area contributed by atoms with Gasteiger partial charge in [0.25, 0.3) is 0 Å². The maximum absolute atomic E-state index is 5.57. The summed E-state index contributed by atoms with van der Waals surface area (Å²) < 4.78 is 5.57. The SMILES string of the molecule is NCCCc1nnc(CCC2CCCC2)o1. The molecule has 0 amide bonds. The molecule has 0 saturated heterocycles. The fraction of sp³-hybridized carbons (Fsp3) is 0.833. The second-order valence-electron chi connectivity index (χ2n) is 4.67. The lowest BCUT2D eigenvalue weighted by Gasteiger charge is -2.04. The predicted molar refractivity (Wildman–Crippen MR) is 62.0 cm³/mol. The monoisotopic (exact) mass is 223 g/mol. The van der Waals surface area contributed by atoms with Crippen LogP contribution in [-0.4, -0.2) is 16.7 Å². The van der Waals surface area contributed by atoms with Gasteiger partial charge in [0, 0.05) is 12.8 Å². The summed E-state index contributed by atoms with van der Waals surface area (Å²) >= 11 is 0. The van der Waals surface area contributed by atoms with Crippen molar-refractivity contribution < 1.29 is 4.42 Å². The van der Waals surface area contributed by atoms with E-state index in [0.29, 0.717) is 6.54 Å². The molecule has 1 aliphatic rings. The number of nitrogens with two attached hydrogens (primary N) is 1. The van der Waals surface area contributed by atoms with E-state index >= 15 is 0 Å². The molecule has 2 N–H and O–H groups in total. The molecule has 4 heteroatoms. The van der Waals surface area contributed by atoms with E-state index in [1.165, 1.54) is 32.1 Å². The first kappa shape index (κ1) is 11.6. The summed E-state index contributed by atoms with van der Waals surface area (Å²) in [5, 5.41) is 8.10. The molecule has 0 aliphatic heterocycles. The van der Waals surface area contributed by atoms with E-state index in [9.17, 15) is 0 Å². The Balaban J connectivity index is 1.73. The Labute approximate surface area is 96.6 Å². The Hall–Kier alpha value is -0.900. The Morgan fingerprint density at radius 3 is 2.50 bits per heavy atom. The van der Waals surface area contributed by atoms with Crippen LogP contribution < -0.4 is 5.73 Å². The van der Waals surface area contributed by atoms with Crippen LogP contribution in [0.5, 0.6) is 0 Å². The van der Waals surface area contributed by atoms with Crippen LogP contribution in [0.2, 0.25) is 0 Å². The van der Waals surface area contributed by atoms with Crippen LogP contribution in [0, 0.1) is 5.92 Å². The molecule has 1 aromatic rings. The highest BCUT2D eigenvalue weighted by Crippen LogP contribution is 2.28. The van der Waals surface area contributed by atoms with E-state index in [4.69, 9.17) is 10.2 Å². The lowest BCUT2D eigenvalue weighted by molar-refractivity contribution is 0.413. The minimum absolute atomic E-state index is 0.680. The molecule has 4 nitrogen and oxygen atoms in total. The zero-order valence-electron chi connectivity index (χ0n) is 9.82. The molecule has 16 heavy (non-hydrogen) atoms. The molecule has 1 saturated carbocycles. The summed E-state index contributed by atoms with van der Waals surface area (Å²) in [7, 11) is 0. The highest BCUT2D eigenvalue weighted by molar-refractivity contribution is 4.83. The lowest BCUT2D eigenvalue weighted by Crippen LogP contribution is -2.00. The number of hydrogen-bond acceptors (Lipinski definition) is 4. The molecule has 0 bridgehead atoms. The molecule has 0 atom stereocenters. The van der Waals surface area contributed by atoms with Gasteiger partial charge < -0.3 is 10.2 Å². The summed E-state index contributed by atoms with van der Waals surface area (Å²) in [4.78, 5) is 0. The third-order valence-corrected chi connectivity index (χ3v) is 3.34. The van der Waals surface area contributed by atoms with Gasteiger partial charge in [-0.15, -0.1) is 10.2 Å². The fourth-order valence-corrected chi connectivity index (χ4v) is 2.37. The summed E-state index contributed by atoms with van der Waals surface area (Å²) in [6.45, 7) is 0.680. The Kier molecular flexibility index (Phi) is 4.34. The Bertz CT molecular complexity index is 305. The van der Waals surface area contributed by atoms with Crippen LogP contribution in [-0.2, 0) is 12.8 Å². The van der Waals surface area contributed by atoms with Crippen molar-refractivity contribution in [2.75, 3.05) is 6.54 Å². The van der Waals surface area contributed by atoms with Gasteiger partial charge in [0.05, 0.1) is 0 Å². The van der Waals surface area contributed by atoms with Crippen LogP contribution in [0.15, 0.2) is 4.42 Å². The second kappa shape index (κ2) is 5.99. The largest absolute Gasteiger partial charge is 0.425 e. The standard InChI is InChI=1S/C12H21N3O/c13-9-3-6-11-14-15-12(16-11)8-7-10-4-1-2-5-10/h10H,1-9,13H2. The van der Waals surface area contributed by atoms with Gasteiger partial charge in [-0.25, -0.2) is 0 Å². The fourth-order valence-electron chi connectivity index (χ4n) is 2.37. The smallest absolute Gasteiger partial charge is 0.216 e. The average Bonchev–Trinajstić information content (AvgIpc) is 2.95. The normalized spacial score (nSPS) is 17.1. The van der Waals surface area contributed by atoms with Gasteiger partial charge in [-0.3, -0.25) is 0 Å². The van der Waals surface area contributed by atoms with Crippen LogP contribution in [0.4, 0.5) is 0 Å². The molecule has 1 fully saturated rings. The summed E-state index contributed by atoms with van der Waals surface area (Å²) in [5.41, 5.74) is 5.43. The number of hydrogen-bond donors (Lipinski definition) is 1. The predicted octanol–water partition coefficient (Wildman–Crippen LogP) is 2.08. The van der Waals surface area contributed by atoms with Gasteiger partial charge in [0.15, 0.2) is 0 Å². The maximum atomic E-state index is 5.57. The third-order valence-electron chi connectivity index (χ3n) is 3.34. The molecule has 1 aliphatic carbocycles. The van der Waals surface area contributed by atoms with Crippen LogP contribution >= 0.6 is 0 Å². The van der Waals surface area contributed by atoms with Crippen LogP contribution in [0.1, 0.15) is 50.3 Å². The third kappa shape index (κ3) is 3.30. The molecule has 0 radical (unpaired) electrons. The van der Waals surface area contributed by atoms with E-state index in [-0.39, 0.29) is 0 Å². The number of aryl methyl sites for hydroxylation is 2. The van der Waals surface area contributed by atoms with Gasteiger partial charge in [0.2, 0.25) is 11.8 Å². The van der Waals surface area contributed by atoms with E-state index in [2.05, 4.69) is 10.2 Å². The van der Waals surface area contributed by atoms with Crippen LogP contribution in [0.25, 0.3) is 0 Å². The first-order valence-corrected chi connectivity index (χ1v) is 6.40. The van der Waals surface area contributed by atoms with Gasteiger partial charge >= 0.3 is 0 Å². The number of rotatable bonds is 6. The molecule has 0 spiro atoms. The zero-order valence-corrected chi connectivity index (χ0v) is 9.82. The molecule has 90 valence electrons. The molecule has 0 aromatic carbocycles. The van der Waals surface area contributed by atoms with E-state index in [1.807, 2.05) is 0 Å². The van der Waals surface area contributed by atoms with Crippen molar-refractivity contribution >= 4 is 0 Å². The van der Waals surface area contributed by atoms with Crippen molar-refractivity contribution in [2.45, 2.75) is 51.4 Å². The van der Waals surface area contributed by atoms with Crippen LogP contribution in [0.3, 0.4) is 0 Å². The van der Waals surface area contributed by atoms with E-state index < -0.39 is 0 Å². The topological polar surface area (TPSA) is 64.9 Å². The number of nitrogens with zero attached hydrogens (tertiary/aromatic N) is 2. The molecule has 0 unspecified atom stereocenters. The van der Waals surface area contributed by atoms with Gasteiger partial charge in [-0.05, 0) is 25.3 Å². The van der Waals surface area contributed by atoms with E-state index in [0.717, 1.165) is 37.0 Å². The summed E-state index contributed by atoms with van der Waals surface area (Å²) in [5.74, 6) is 2.44. The lowest BCUT2D eigenvalue weighted by atomic mass is 10.0. The molecule has 2 rings (SSSR count). The van der Waals surface area contributed by atoms with Crippen molar-refractivity contribution in [3.8, 4) is 0 Å². The van der Waals surface area contributed by atoms with Crippen molar-refractivity contribution in [3.05, 3.63) is 11.8 Å². The van der Waals surface area contributed by atoms with Gasteiger partial charge in [-0.2, -0.15) is 0 Å². The minimum atomic E-state index is 0.680. The van der Waals surface area contributed by atoms with E-state index in [1.54, 1.807) is 0 Å². The Morgan fingerprint density at radius 1 is 1.12 bits per heavy atom. The van der Waals surface area contributed by atoms with Gasteiger partial charge in [-0.1, -0.05) is 25.7 Å². The quantitative estimate of drug-likeness (QED) is 0.802. The van der Waals surface area contributed by atoms with Crippen molar-refractivity contribution in [2.24, 2.45) is 11.7 Å². The Morgan fingerprint density at radius 2 is 1.81 bits per heavy atom. The first-order valence-electron chi connectivity index (χ1n) is 6.40. The summed E-state index contributed by atoms with van der Waals surface area (Å²) in [6.07, 6.45) is 9.45. The molecular weight excluding hydrogens is 202 g/mol. The molecule has 1 heterocycles. The van der Waals surface area contributed by atoms with Gasteiger partial charge in [0.1, 0.15) is 0 Å². The highest BCUT2D eigenvalue weighted by Gasteiger charge is 2.16. The first-order chi connectivity index (χ1) is 7.88. The zero-order chi connectivity index (χ0) is 11.2. The molecular formula is C12H21N3O. The second-order valence-corrected chi connectivity index (χ2v) is 4.67. The summed E-state index contributed by atoms with van der Waals surface area (Å²) in [6, 6.07) is 0. The number of aromatic nitrogens is 2. The van der Waals surface area contributed by atoms with Crippen molar-refractivity contribution in [3.63, 3.8) is 0 Å². The average molecular weight is 223 g/mol. The van der Waals surface area contributed by atoms with Crippen molar-refractivity contribution in [1.29, 1.82) is 0 Å². The highest BCUT2D eigenvalue weighted by atomic mass is 16.4.